The molecule has 5 nitrogen and oxygen atoms in total. The molecule has 2 aliphatic rings. The van der Waals surface area contributed by atoms with Gasteiger partial charge in [0.1, 0.15) is 0 Å². The molecule has 0 aromatic heterocycles. The zero-order valence-corrected chi connectivity index (χ0v) is 15.9. The molecule has 0 radical (unpaired) electrons. The van der Waals surface area contributed by atoms with Crippen molar-refractivity contribution in [3.05, 3.63) is 65.7 Å². The van der Waals surface area contributed by atoms with Crippen LogP contribution in [0.1, 0.15) is 42.1 Å². The van der Waals surface area contributed by atoms with Crippen molar-refractivity contribution >= 4 is 23.4 Å². The second kappa shape index (κ2) is 7.58. The molecule has 4 rings (SSSR count). The first-order valence-corrected chi connectivity index (χ1v) is 9.84. The van der Waals surface area contributed by atoms with Crippen LogP contribution >= 0.6 is 0 Å². The Kier molecular flexibility index (Phi) is 4.99. The summed E-state index contributed by atoms with van der Waals surface area (Å²) in [4.78, 5) is 39.2. The number of benzene rings is 2. The first-order valence-electron chi connectivity index (χ1n) is 9.84. The zero-order valence-electron chi connectivity index (χ0n) is 15.9. The third-order valence-corrected chi connectivity index (χ3v) is 5.87. The van der Waals surface area contributed by atoms with Gasteiger partial charge in [-0.1, -0.05) is 37.3 Å². The van der Waals surface area contributed by atoms with Crippen LogP contribution in [0.4, 0.5) is 5.69 Å². The molecule has 1 saturated heterocycles. The van der Waals surface area contributed by atoms with Gasteiger partial charge in [-0.15, -0.1) is 0 Å². The molecule has 0 unspecified atom stereocenters. The van der Waals surface area contributed by atoms with Crippen molar-refractivity contribution in [2.75, 3.05) is 4.90 Å². The molecule has 3 atom stereocenters. The molecule has 1 aliphatic heterocycles. The smallest absolute Gasteiger partial charge is 0.251 e. The van der Waals surface area contributed by atoms with Crippen LogP contribution in [0.25, 0.3) is 0 Å². The molecule has 5 heteroatoms. The van der Waals surface area contributed by atoms with Gasteiger partial charge in [0.25, 0.3) is 5.91 Å². The van der Waals surface area contributed by atoms with Crippen LogP contribution in [0.3, 0.4) is 0 Å². The summed E-state index contributed by atoms with van der Waals surface area (Å²) in [5.74, 6) is -0.265. The van der Waals surface area contributed by atoms with Crippen LogP contribution in [-0.2, 0) is 16.1 Å². The van der Waals surface area contributed by atoms with E-state index in [1.165, 1.54) is 4.90 Å². The van der Waals surface area contributed by atoms with Crippen molar-refractivity contribution in [1.29, 1.82) is 0 Å². The Labute approximate surface area is 164 Å². The van der Waals surface area contributed by atoms with Gasteiger partial charge in [0.15, 0.2) is 0 Å². The molecule has 2 aromatic rings. The number of carbonyl (C=O) groups is 3. The van der Waals surface area contributed by atoms with E-state index in [0.29, 0.717) is 23.7 Å². The molecule has 2 fully saturated rings. The normalized spacial score (nSPS) is 24.2. The van der Waals surface area contributed by atoms with Crippen molar-refractivity contribution in [2.45, 2.75) is 32.7 Å². The fraction of sp³-hybridized carbons (Fsp3) is 0.348. The minimum absolute atomic E-state index is 0.0943. The fourth-order valence-electron chi connectivity index (χ4n) is 4.29. The maximum Gasteiger partial charge on any atom is 0.251 e. The Balaban J connectivity index is 1.45. The van der Waals surface area contributed by atoms with E-state index in [9.17, 15) is 14.4 Å². The van der Waals surface area contributed by atoms with E-state index in [1.54, 1.807) is 24.3 Å². The van der Waals surface area contributed by atoms with Crippen LogP contribution in [0.2, 0.25) is 0 Å². The lowest BCUT2D eigenvalue weighted by Gasteiger charge is -2.25. The molecule has 1 heterocycles. The second-order valence-corrected chi connectivity index (χ2v) is 7.86. The van der Waals surface area contributed by atoms with E-state index in [2.05, 4.69) is 12.2 Å². The summed E-state index contributed by atoms with van der Waals surface area (Å²) in [6, 6.07) is 16.4. The number of hydrogen-bond donors (Lipinski definition) is 1. The molecule has 2 aromatic carbocycles. The monoisotopic (exact) mass is 376 g/mol. The SMILES string of the molecule is C[C@H]1CC[C@@H]2C(=O)N(c3ccc(C(=O)NCc4ccccc4)cc3)C(=O)[C@@H]2C1. The summed E-state index contributed by atoms with van der Waals surface area (Å²) in [5, 5.41) is 2.88. The Morgan fingerprint density at radius 1 is 0.964 bits per heavy atom. The van der Waals surface area contributed by atoms with Crippen LogP contribution in [-0.4, -0.2) is 17.7 Å². The third kappa shape index (κ3) is 3.44. The van der Waals surface area contributed by atoms with Crippen LogP contribution in [0.15, 0.2) is 54.6 Å². The summed E-state index contributed by atoms with van der Waals surface area (Å²) in [6.07, 6.45) is 2.56. The minimum atomic E-state index is -0.190. The van der Waals surface area contributed by atoms with E-state index in [4.69, 9.17) is 0 Å². The molecule has 144 valence electrons. The molecule has 1 aliphatic carbocycles. The first-order chi connectivity index (χ1) is 13.5. The van der Waals surface area contributed by atoms with E-state index in [-0.39, 0.29) is 29.6 Å². The number of nitrogens with zero attached hydrogens (tertiary/aromatic N) is 1. The summed E-state index contributed by atoms with van der Waals surface area (Å²) in [5.41, 5.74) is 2.08. The Morgan fingerprint density at radius 2 is 1.64 bits per heavy atom. The third-order valence-electron chi connectivity index (χ3n) is 5.87. The van der Waals surface area contributed by atoms with E-state index >= 15 is 0 Å². The lowest BCUT2D eigenvalue weighted by Crippen LogP contribution is -2.31. The molecule has 3 amide bonds. The number of imide groups is 1. The van der Waals surface area contributed by atoms with Crippen molar-refractivity contribution in [3.8, 4) is 0 Å². The Bertz CT molecular complexity index is 892. The first kappa shape index (κ1) is 18.4. The van der Waals surface area contributed by atoms with Gasteiger partial charge < -0.3 is 5.32 Å². The number of amides is 3. The van der Waals surface area contributed by atoms with Crippen molar-refractivity contribution in [3.63, 3.8) is 0 Å². The average Bonchev–Trinajstić information content (AvgIpc) is 2.97. The largest absolute Gasteiger partial charge is 0.348 e. The number of nitrogens with one attached hydrogen (secondary N) is 1. The van der Waals surface area contributed by atoms with Crippen molar-refractivity contribution in [2.24, 2.45) is 17.8 Å². The molecule has 1 saturated carbocycles. The fourth-order valence-corrected chi connectivity index (χ4v) is 4.29. The topological polar surface area (TPSA) is 66.5 Å². The average molecular weight is 376 g/mol. The molecule has 28 heavy (non-hydrogen) atoms. The lowest BCUT2D eigenvalue weighted by atomic mass is 9.76. The van der Waals surface area contributed by atoms with Gasteiger partial charge in [-0.3, -0.25) is 19.3 Å². The molecular formula is C23H24N2O3. The van der Waals surface area contributed by atoms with Crippen LogP contribution in [0, 0.1) is 17.8 Å². The second-order valence-electron chi connectivity index (χ2n) is 7.86. The maximum atomic E-state index is 12.8. The van der Waals surface area contributed by atoms with Gasteiger partial charge in [0.2, 0.25) is 11.8 Å². The predicted octanol–water partition coefficient (Wildman–Crippen LogP) is 3.54. The van der Waals surface area contributed by atoms with Gasteiger partial charge in [-0.2, -0.15) is 0 Å². The summed E-state index contributed by atoms with van der Waals surface area (Å²) in [7, 11) is 0. The van der Waals surface area contributed by atoms with Gasteiger partial charge in [0.05, 0.1) is 17.5 Å². The van der Waals surface area contributed by atoms with Crippen LogP contribution in [0.5, 0.6) is 0 Å². The Morgan fingerprint density at radius 3 is 2.36 bits per heavy atom. The highest BCUT2D eigenvalue weighted by Gasteiger charge is 2.49. The molecule has 0 bridgehead atoms. The van der Waals surface area contributed by atoms with Gasteiger partial charge in [-0.05, 0) is 55.0 Å². The van der Waals surface area contributed by atoms with E-state index in [1.807, 2.05) is 30.3 Å². The maximum absolute atomic E-state index is 12.8. The van der Waals surface area contributed by atoms with E-state index in [0.717, 1.165) is 24.8 Å². The van der Waals surface area contributed by atoms with Gasteiger partial charge >= 0.3 is 0 Å². The number of fused-ring (bicyclic) bond motifs is 1. The minimum Gasteiger partial charge on any atom is -0.348 e. The number of anilines is 1. The van der Waals surface area contributed by atoms with Crippen molar-refractivity contribution < 1.29 is 14.4 Å². The summed E-state index contributed by atoms with van der Waals surface area (Å²) < 4.78 is 0. The zero-order chi connectivity index (χ0) is 19.7. The predicted molar refractivity (Wildman–Crippen MR) is 107 cm³/mol. The standard InChI is InChI=1S/C23H24N2O3/c1-15-7-12-19-20(13-15)23(28)25(22(19)27)18-10-8-17(9-11-18)21(26)24-14-16-5-3-2-4-6-16/h2-6,8-11,15,19-20H,7,12-14H2,1H3,(H,24,26)/t15-,19-,20+/m0/s1. The molecule has 0 spiro atoms. The molecule has 1 N–H and O–H groups in total. The summed E-state index contributed by atoms with van der Waals surface area (Å²) in [6.45, 7) is 2.59. The summed E-state index contributed by atoms with van der Waals surface area (Å²) >= 11 is 0. The molecular weight excluding hydrogens is 352 g/mol. The Hall–Kier alpha value is -2.95. The number of rotatable bonds is 4. The number of carbonyl (C=O) groups excluding carboxylic acids is 3. The lowest BCUT2D eigenvalue weighted by molar-refractivity contribution is -0.122. The van der Waals surface area contributed by atoms with E-state index < -0.39 is 0 Å². The highest BCUT2D eigenvalue weighted by Crippen LogP contribution is 2.42. The van der Waals surface area contributed by atoms with Gasteiger partial charge in [-0.25, -0.2) is 0 Å². The van der Waals surface area contributed by atoms with Crippen LogP contribution < -0.4 is 10.2 Å². The van der Waals surface area contributed by atoms with Crippen molar-refractivity contribution in [1.82, 2.24) is 5.32 Å². The highest BCUT2D eigenvalue weighted by atomic mass is 16.2. The number of hydrogen-bond acceptors (Lipinski definition) is 3. The quantitative estimate of drug-likeness (QED) is 0.830. The van der Waals surface area contributed by atoms with Gasteiger partial charge in [0, 0.05) is 12.1 Å². The highest BCUT2D eigenvalue weighted by molar-refractivity contribution is 6.22.